The number of hydrogen-bond donors (Lipinski definition) is 2. The highest BCUT2D eigenvalue weighted by atomic mass is 16.5. The Labute approximate surface area is 143 Å². The molecule has 8 heteroatoms. The summed E-state index contributed by atoms with van der Waals surface area (Å²) >= 11 is 0. The minimum absolute atomic E-state index is 0.258. The van der Waals surface area contributed by atoms with E-state index in [1.54, 1.807) is 7.05 Å². The van der Waals surface area contributed by atoms with E-state index in [9.17, 15) is 9.59 Å². The molecule has 2 rings (SSSR count). The molecule has 2 saturated heterocycles. The summed E-state index contributed by atoms with van der Waals surface area (Å²) in [5.74, 6) is 0.445. The fourth-order valence-electron chi connectivity index (χ4n) is 2.99. The zero-order valence-electron chi connectivity index (χ0n) is 14.9. The van der Waals surface area contributed by atoms with Crippen LogP contribution in [-0.2, 0) is 9.53 Å². The largest absolute Gasteiger partial charge is 0.382 e. The van der Waals surface area contributed by atoms with Crippen molar-refractivity contribution >= 4 is 17.9 Å². The number of ether oxygens (including phenoxy) is 1. The van der Waals surface area contributed by atoms with E-state index in [2.05, 4.69) is 22.5 Å². The second-order valence-corrected chi connectivity index (χ2v) is 6.10. The first-order valence-corrected chi connectivity index (χ1v) is 8.83. The Bertz CT molecular complexity index is 482. The number of carbonyl (C=O) groups excluding carboxylic acids is 2. The molecule has 0 radical (unpaired) electrons. The third kappa shape index (κ3) is 4.17. The highest BCUT2D eigenvalue weighted by Crippen LogP contribution is 2.21. The highest BCUT2D eigenvalue weighted by Gasteiger charge is 2.49. The van der Waals surface area contributed by atoms with E-state index in [0.717, 1.165) is 32.2 Å². The molecule has 136 valence electrons. The fourth-order valence-corrected chi connectivity index (χ4v) is 2.99. The summed E-state index contributed by atoms with van der Waals surface area (Å²) < 4.78 is 5.33. The molecular weight excluding hydrogens is 310 g/mol. The van der Waals surface area contributed by atoms with Crippen LogP contribution in [0.3, 0.4) is 0 Å². The molecule has 2 unspecified atom stereocenters. The van der Waals surface area contributed by atoms with Gasteiger partial charge in [-0.25, -0.2) is 4.79 Å². The third-order valence-electron chi connectivity index (χ3n) is 4.34. The molecule has 3 amide bonds. The number of aliphatic imine (C=N–C) groups is 1. The van der Waals surface area contributed by atoms with Crippen LogP contribution < -0.4 is 10.6 Å². The first-order valence-electron chi connectivity index (χ1n) is 8.83. The number of nitrogens with zero attached hydrogens (tertiary/aromatic N) is 3. The Kier molecular flexibility index (Phi) is 6.84. The van der Waals surface area contributed by atoms with E-state index >= 15 is 0 Å². The van der Waals surface area contributed by atoms with E-state index in [0.29, 0.717) is 25.7 Å². The van der Waals surface area contributed by atoms with Crippen molar-refractivity contribution in [3.63, 3.8) is 0 Å². The minimum atomic E-state index is -0.421. The Morgan fingerprint density at radius 1 is 1.21 bits per heavy atom. The van der Waals surface area contributed by atoms with Gasteiger partial charge in [-0.1, -0.05) is 19.8 Å². The molecule has 0 aromatic rings. The predicted octanol–water partition coefficient (Wildman–Crippen LogP) is 0.741. The van der Waals surface area contributed by atoms with Gasteiger partial charge in [0.15, 0.2) is 12.0 Å². The van der Waals surface area contributed by atoms with Crippen LogP contribution in [0.2, 0.25) is 0 Å². The number of amides is 3. The van der Waals surface area contributed by atoms with E-state index in [4.69, 9.17) is 4.74 Å². The van der Waals surface area contributed by atoms with Gasteiger partial charge >= 0.3 is 6.03 Å². The Morgan fingerprint density at radius 3 is 2.71 bits per heavy atom. The summed E-state index contributed by atoms with van der Waals surface area (Å²) in [5, 5.41) is 5.67. The summed E-state index contributed by atoms with van der Waals surface area (Å²) in [6.07, 6.45) is 3.67. The molecule has 2 fully saturated rings. The molecule has 24 heavy (non-hydrogen) atoms. The van der Waals surface area contributed by atoms with Crippen LogP contribution in [0.4, 0.5) is 4.79 Å². The van der Waals surface area contributed by atoms with Gasteiger partial charge < -0.3 is 19.9 Å². The molecule has 2 aliphatic rings. The fraction of sp³-hybridized carbons (Fsp3) is 0.812. The molecule has 0 bridgehead atoms. The number of unbranched alkanes of at least 4 members (excludes halogenated alkanes) is 2. The number of carbonyl (C=O) groups is 2. The van der Waals surface area contributed by atoms with Gasteiger partial charge in [-0.3, -0.25) is 15.1 Å². The number of guanidine groups is 1. The standard InChI is InChI=1S/C16H29N5O3/c1-4-6-7-10-21-12-13(20(3)16(23)19-14(12)22)18-15(21)17-9-8-11-24-5-2/h12-13H,4-11H2,1-3H3,(H,17,18)(H,19,22,23). The van der Waals surface area contributed by atoms with Crippen molar-refractivity contribution < 1.29 is 14.3 Å². The molecule has 8 nitrogen and oxygen atoms in total. The second kappa shape index (κ2) is 8.86. The summed E-state index contributed by atoms with van der Waals surface area (Å²) in [5.41, 5.74) is 0. The average molecular weight is 339 g/mol. The lowest BCUT2D eigenvalue weighted by Gasteiger charge is -2.35. The molecule has 2 heterocycles. The Hall–Kier alpha value is -1.83. The number of imide groups is 1. The van der Waals surface area contributed by atoms with Crippen molar-refractivity contribution in [3.8, 4) is 0 Å². The third-order valence-corrected chi connectivity index (χ3v) is 4.34. The van der Waals surface area contributed by atoms with E-state index in [1.165, 1.54) is 4.90 Å². The zero-order valence-corrected chi connectivity index (χ0v) is 14.9. The lowest BCUT2D eigenvalue weighted by atomic mass is 10.1. The first-order chi connectivity index (χ1) is 11.6. The van der Waals surface area contributed by atoms with Crippen molar-refractivity contribution in [1.29, 1.82) is 0 Å². The number of urea groups is 1. The molecule has 2 N–H and O–H groups in total. The van der Waals surface area contributed by atoms with Crippen molar-refractivity contribution in [3.05, 3.63) is 0 Å². The SMILES string of the molecule is CCCCCN1C(=NCCCOCC)NC2C1C(=O)NC(=O)N2C. The van der Waals surface area contributed by atoms with Crippen molar-refractivity contribution in [2.45, 2.75) is 51.7 Å². The molecule has 2 atom stereocenters. The lowest BCUT2D eigenvalue weighted by Crippen LogP contribution is -2.64. The molecule has 0 aromatic heterocycles. The van der Waals surface area contributed by atoms with Crippen LogP contribution in [0, 0.1) is 0 Å². The van der Waals surface area contributed by atoms with Crippen LogP contribution in [0.1, 0.15) is 39.5 Å². The smallest absolute Gasteiger partial charge is 0.325 e. The second-order valence-electron chi connectivity index (χ2n) is 6.10. The quantitative estimate of drug-likeness (QED) is 0.605. The van der Waals surface area contributed by atoms with Crippen molar-refractivity contribution in [2.75, 3.05) is 33.4 Å². The predicted molar refractivity (Wildman–Crippen MR) is 91.7 cm³/mol. The van der Waals surface area contributed by atoms with E-state index in [-0.39, 0.29) is 18.1 Å². The van der Waals surface area contributed by atoms with Gasteiger partial charge in [0, 0.05) is 33.4 Å². The Morgan fingerprint density at radius 2 is 2.00 bits per heavy atom. The van der Waals surface area contributed by atoms with Crippen LogP contribution in [0.15, 0.2) is 4.99 Å². The van der Waals surface area contributed by atoms with Gasteiger partial charge in [0.05, 0.1) is 0 Å². The molecule has 0 aromatic carbocycles. The minimum Gasteiger partial charge on any atom is -0.382 e. The van der Waals surface area contributed by atoms with E-state index < -0.39 is 6.04 Å². The number of rotatable bonds is 9. The maximum Gasteiger partial charge on any atom is 0.325 e. The molecular formula is C16H29N5O3. The summed E-state index contributed by atoms with van der Waals surface area (Å²) in [7, 11) is 1.69. The average Bonchev–Trinajstić information content (AvgIpc) is 2.92. The lowest BCUT2D eigenvalue weighted by molar-refractivity contribution is -0.127. The monoisotopic (exact) mass is 339 g/mol. The van der Waals surface area contributed by atoms with Crippen molar-refractivity contribution in [2.24, 2.45) is 4.99 Å². The molecule has 0 saturated carbocycles. The molecule has 0 spiro atoms. The van der Waals surface area contributed by atoms with Crippen LogP contribution in [0.25, 0.3) is 0 Å². The zero-order chi connectivity index (χ0) is 17.5. The summed E-state index contributed by atoms with van der Waals surface area (Å²) in [6, 6.07) is -0.796. The van der Waals surface area contributed by atoms with Crippen molar-refractivity contribution in [1.82, 2.24) is 20.4 Å². The number of nitrogens with one attached hydrogen (secondary N) is 2. The summed E-state index contributed by atoms with van der Waals surface area (Å²) in [6.45, 7) is 6.88. The molecule has 0 aliphatic carbocycles. The van der Waals surface area contributed by atoms with Crippen LogP contribution in [-0.4, -0.2) is 73.3 Å². The van der Waals surface area contributed by atoms with Gasteiger partial charge in [0.1, 0.15) is 6.17 Å². The van der Waals surface area contributed by atoms with Gasteiger partial charge in [0.2, 0.25) is 0 Å². The summed E-state index contributed by atoms with van der Waals surface area (Å²) in [4.78, 5) is 32.3. The van der Waals surface area contributed by atoms with Crippen LogP contribution in [0.5, 0.6) is 0 Å². The number of hydrogen-bond acceptors (Lipinski definition) is 4. The van der Waals surface area contributed by atoms with Gasteiger partial charge in [-0.15, -0.1) is 0 Å². The Balaban J connectivity index is 2.07. The first kappa shape index (κ1) is 18.5. The van der Waals surface area contributed by atoms with Crippen LogP contribution >= 0.6 is 0 Å². The number of fused-ring (bicyclic) bond motifs is 1. The maximum atomic E-state index is 12.3. The topological polar surface area (TPSA) is 86.3 Å². The van der Waals surface area contributed by atoms with Gasteiger partial charge in [-0.05, 0) is 19.8 Å². The van der Waals surface area contributed by atoms with E-state index in [1.807, 2.05) is 11.8 Å². The normalized spacial score (nSPS) is 25.0. The molecule has 2 aliphatic heterocycles. The number of likely N-dealkylation sites (N-methyl/N-ethyl adjacent to an activating group) is 1. The van der Waals surface area contributed by atoms with Gasteiger partial charge in [-0.2, -0.15) is 0 Å². The maximum absolute atomic E-state index is 12.3. The van der Waals surface area contributed by atoms with Gasteiger partial charge in [0.25, 0.3) is 5.91 Å². The highest BCUT2D eigenvalue weighted by molar-refractivity contribution is 6.04.